The molecule has 2 aromatic carbocycles. The Hall–Kier alpha value is -3.00. The predicted molar refractivity (Wildman–Crippen MR) is 137 cm³/mol. The Balaban J connectivity index is 1.45. The van der Waals surface area contributed by atoms with Crippen LogP contribution in [0.5, 0.6) is 0 Å². The third-order valence-electron chi connectivity index (χ3n) is 6.90. The van der Waals surface area contributed by atoms with E-state index in [9.17, 15) is 19.5 Å². The summed E-state index contributed by atoms with van der Waals surface area (Å²) in [5.74, 6) is 0.271. The number of fused-ring (bicyclic) bond motifs is 3. The van der Waals surface area contributed by atoms with Gasteiger partial charge in [0.25, 0.3) is 0 Å². The normalized spacial score (nSPS) is 16.3. The molecule has 0 radical (unpaired) electrons. The van der Waals surface area contributed by atoms with Crippen LogP contribution in [0.4, 0.5) is 4.79 Å². The van der Waals surface area contributed by atoms with Gasteiger partial charge in [-0.1, -0.05) is 48.5 Å². The number of hydrogen-bond donors (Lipinski definition) is 2. The maximum absolute atomic E-state index is 13.1. The van der Waals surface area contributed by atoms with Gasteiger partial charge in [0.1, 0.15) is 13.2 Å². The SMILES string of the molecule is CC(C)N(CC(=O)O)C(=O)CC1(NC(=O)OCC2c3ccccc3-c3ccccc32)CCSCC1. The van der Waals surface area contributed by atoms with E-state index in [-0.39, 0.29) is 37.4 Å². The molecular weight excluding hydrogens is 464 g/mol. The predicted octanol–water partition coefficient (Wildman–Crippen LogP) is 4.50. The first-order valence-corrected chi connectivity index (χ1v) is 13.2. The molecular formula is C27H32N2O5S. The van der Waals surface area contributed by atoms with Crippen LogP contribution in [-0.2, 0) is 14.3 Å². The van der Waals surface area contributed by atoms with Crippen molar-refractivity contribution in [1.29, 1.82) is 0 Å². The van der Waals surface area contributed by atoms with Crippen LogP contribution in [0.1, 0.15) is 50.2 Å². The number of amides is 2. The number of thioether (sulfide) groups is 1. The molecule has 7 nitrogen and oxygen atoms in total. The molecule has 0 unspecified atom stereocenters. The monoisotopic (exact) mass is 496 g/mol. The molecule has 186 valence electrons. The van der Waals surface area contributed by atoms with E-state index in [4.69, 9.17) is 4.74 Å². The Bertz CT molecular complexity index is 1050. The zero-order valence-corrected chi connectivity index (χ0v) is 21.0. The van der Waals surface area contributed by atoms with Gasteiger partial charge in [0.15, 0.2) is 0 Å². The van der Waals surface area contributed by atoms with E-state index in [1.165, 1.54) is 4.90 Å². The van der Waals surface area contributed by atoms with Gasteiger partial charge in [-0.2, -0.15) is 11.8 Å². The van der Waals surface area contributed by atoms with Gasteiger partial charge in [-0.3, -0.25) is 9.59 Å². The Morgan fingerprint density at radius 3 is 2.17 bits per heavy atom. The first kappa shape index (κ1) is 25.1. The Morgan fingerprint density at radius 1 is 1.06 bits per heavy atom. The summed E-state index contributed by atoms with van der Waals surface area (Å²) in [7, 11) is 0. The molecule has 0 atom stereocenters. The lowest BCUT2D eigenvalue weighted by molar-refractivity contribution is -0.146. The van der Waals surface area contributed by atoms with E-state index in [1.807, 2.05) is 24.3 Å². The maximum atomic E-state index is 13.1. The van der Waals surface area contributed by atoms with Crippen molar-refractivity contribution in [2.24, 2.45) is 0 Å². The standard InChI is InChI=1S/C27H32N2O5S/c1-18(2)29(16-25(31)32)24(30)15-27(11-13-35-14-12-27)28-26(33)34-17-23-21-9-5-3-7-19(21)20-8-4-6-10-22(20)23/h3-10,18,23H,11-17H2,1-2H3,(H,28,33)(H,31,32). The minimum Gasteiger partial charge on any atom is -0.480 e. The summed E-state index contributed by atoms with van der Waals surface area (Å²) in [6.07, 6.45) is 0.781. The number of aliphatic carboxylic acids is 1. The molecule has 1 heterocycles. The second kappa shape index (κ2) is 10.7. The molecule has 2 aliphatic rings. The van der Waals surface area contributed by atoms with Crippen molar-refractivity contribution in [2.75, 3.05) is 24.7 Å². The number of carbonyl (C=O) groups excluding carboxylic acids is 2. The molecule has 2 N–H and O–H groups in total. The van der Waals surface area contributed by atoms with Gasteiger partial charge in [0, 0.05) is 12.0 Å². The van der Waals surface area contributed by atoms with Crippen molar-refractivity contribution < 1.29 is 24.2 Å². The van der Waals surface area contributed by atoms with Gasteiger partial charge in [-0.15, -0.1) is 0 Å². The number of ether oxygens (including phenoxy) is 1. The lowest BCUT2D eigenvalue weighted by atomic mass is 9.87. The van der Waals surface area contributed by atoms with Crippen LogP contribution in [0, 0.1) is 0 Å². The highest BCUT2D eigenvalue weighted by molar-refractivity contribution is 7.99. The molecule has 1 aliphatic heterocycles. The molecule has 1 saturated heterocycles. The summed E-state index contributed by atoms with van der Waals surface area (Å²) in [5.41, 5.74) is 3.87. The number of alkyl carbamates (subject to hydrolysis) is 1. The minimum atomic E-state index is -1.05. The molecule has 8 heteroatoms. The lowest BCUT2D eigenvalue weighted by Crippen LogP contribution is -2.55. The van der Waals surface area contributed by atoms with Crippen molar-refractivity contribution in [1.82, 2.24) is 10.2 Å². The molecule has 2 amide bonds. The largest absolute Gasteiger partial charge is 0.480 e. The summed E-state index contributed by atoms with van der Waals surface area (Å²) in [4.78, 5) is 38.7. The topological polar surface area (TPSA) is 95.9 Å². The van der Waals surface area contributed by atoms with Gasteiger partial charge in [0.2, 0.25) is 5.91 Å². The number of carboxylic acids is 1. The van der Waals surface area contributed by atoms with E-state index >= 15 is 0 Å². The molecule has 0 spiro atoms. The molecule has 2 aromatic rings. The van der Waals surface area contributed by atoms with E-state index in [1.54, 1.807) is 25.6 Å². The van der Waals surface area contributed by atoms with Gasteiger partial charge in [0.05, 0.1) is 12.0 Å². The Kier molecular flexibility index (Phi) is 7.69. The van der Waals surface area contributed by atoms with Crippen LogP contribution in [0.3, 0.4) is 0 Å². The first-order chi connectivity index (χ1) is 16.8. The smallest absolute Gasteiger partial charge is 0.407 e. The molecule has 0 bridgehead atoms. The van der Waals surface area contributed by atoms with Gasteiger partial charge in [-0.25, -0.2) is 4.79 Å². The second-order valence-corrected chi connectivity index (χ2v) is 10.8. The zero-order chi connectivity index (χ0) is 25.0. The number of nitrogens with zero attached hydrogens (tertiary/aromatic N) is 1. The number of benzene rings is 2. The van der Waals surface area contributed by atoms with Crippen molar-refractivity contribution in [3.8, 4) is 11.1 Å². The van der Waals surface area contributed by atoms with Crippen molar-refractivity contribution in [2.45, 2.75) is 50.6 Å². The third-order valence-corrected chi connectivity index (χ3v) is 7.89. The summed E-state index contributed by atoms with van der Waals surface area (Å²) in [5, 5.41) is 12.2. The quantitative estimate of drug-likeness (QED) is 0.559. The third kappa shape index (κ3) is 5.64. The van der Waals surface area contributed by atoms with Crippen LogP contribution >= 0.6 is 11.8 Å². The summed E-state index contributed by atoms with van der Waals surface area (Å²) >= 11 is 1.78. The highest BCUT2D eigenvalue weighted by Crippen LogP contribution is 2.44. The number of carboxylic acid groups (broad SMARTS) is 1. The fourth-order valence-corrected chi connectivity index (χ4v) is 6.33. The van der Waals surface area contributed by atoms with Gasteiger partial charge in [-0.05, 0) is 60.4 Å². The highest BCUT2D eigenvalue weighted by atomic mass is 32.2. The fraction of sp³-hybridized carbons (Fsp3) is 0.444. The van der Waals surface area contributed by atoms with E-state index < -0.39 is 17.6 Å². The Labute approximate surface area is 210 Å². The molecule has 1 aliphatic carbocycles. The van der Waals surface area contributed by atoms with E-state index in [0.29, 0.717) is 12.8 Å². The molecule has 1 fully saturated rings. The summed E-state index contributed by atoms with van der Waals surface area (Å²) < 4.78 is 5.75. The number of nitrogens with one attached hydrogen (secondary N) is 1. The van der Waals surface area contributed by atoms with Crippen LogP contribution in [0.15, 0.2) is 48.5 Å². The number of carbonyl (C=O) groups is 3. The summed E-state index contributed by atoms with van der Waals surface area (Å²) in [6, 6.07) is 16.1. The lowest BCUT2D eigenvalue weighted by Gasteiger charge is -2.39. The Morgan fingerprint density at radius 2 is 1.63 bits per heavy atom. The van der Waals surface area contributed by atoms with Gasteiger partial charge < -0.3 is 20.1 Å². The van der Waals surface area contributed by atoms with Crippen LogP contribution in [-0.4, -0.2) is 64.2 Å². The molecule has 35 heavy (non-hydrogen) atoms. The first-order valence-electron chi connectivity index (χ1n) is 12.0. The van der Waals surface area contributed by atoms with Gasteiger partial charge >= 0.3 is 12.1 Å². The van der Waals surface area contributed by atoms with E-state index in [2.05, 4.69) is 29.6 Å². The zero-order valence-electron chi connectivity index (χ0n) is 20.2. The van der Waals surface area contributed by atoms with E-state index in [0.717, 1.165) is 33.8 Å². The molecule has 0 saturated carbocycles. The van der Waals surface area contributed by atoms with Crippen LogP contribution < -0.4 is 5.32 Å². The minimum absolute atomic E-state index is 0.0420. The number of hydrogen-bond acceptors (Lipinski definition) is 5. The fourth-order valence-electron chi connectivity index (χ4n) is 5.05. The highest BCUT2D eigenvalue weighted by Gasteiger charge is 2.39. The van der Waals surface area contributed by atoms with Crippen LogP contribution in [0.25, 0.3) is 11.1 Å². The maximum Gasteiger partial charge on any atom is 0.407 e. The summed E-state index contributed by atoms with van der Waals surface area (Å²) in [6.45, 7) is 3.44. The average molecular weight is 497 g/mol. The van der Waals surface area contributed by atoms with Crippen molar-refractivity contribution in [3.05, 3.63) is 59.7 Å². The number of rotatable bonds is 8. The van der Waals surface area contributed by atoms with Crippen molar-refractivity contribution >= 4 is 29.7 Å². The molecule has 0 aromatic heterocycles. The second-order valence-electron chi connectivity index (χ2n) is 9.53. The molecule has 4 rings (SSSR count). The van der Waals surface area contributed by atoms with Crippen LogP contribution in [0.2, 0.25) is 0 Å². The average Bonchev–Trinajstić information content (AvgIpc) is 3.15. The van der Waals surface area contributed by atoms with Crippen molar-refractivity contribution in [3.63, 3.8) is 0 Å².